The van der Waals surface area contributed by atoms with Crippen molar-refractivity contribution < 1.29 is 9.59 Å². The number of hydrogen-bond donors (Lipinski definition) is 0. The Balaban J connectivity index is 1.57. The number of carbonyl (C=O) groups is 2. The molecule has 0 bridgehead atoms. The Kier molecular flexibility index (Phi) is 6.25. The first-order valence-electron chi connectivity index (χ1n) is 11.6. The van der Waals surface area contributed by atoms with E-state index in [1.54, 1.807) is 42.3 Å². The number of hydrogen-bond acceptors (Lipinski definition) is 5. The van der Waals surface area contributed by atoms with Crippen molar-refractivity contribution >= 4 is 40.8 Å². The minimum Gasteiger partial charge on any atom is -0.310 e. The van der Waals surface area contributed by atoms with Crippen molar-refractivity contribution in [2.45, 2.75) is 31.5 Å². The number of imide groups is 1. The number of halogens is 2. The maximum Gasteiger partial charge on any atom is 0.332 e. The molecule has 2 atom stereocenters. The smallest absolute Gasteiger partial charge is 0.310 e. The molecule has 2 aliphatic rings. The molecule has 2 unspecified atom stereocenters. The average Bonchev–Trinajstić information content (AvgIpc) is 3.52. The first kappa shape index (κ1) is 24.3. The summed E-state index contributed by atoms with van der Waals surface area (Å²) in [5.41, 5.74) is 1.66. The van der Waals surface area contributed by atoms with E-state index in [0.717, 1.165) is 17.7 Å². The van der Waals surface area contributed by atoms with E-state index < -0.39 is 11.6 Å². The van der Waals surface area contributed by atoms with Crippen LogP contribution in [0.25, 0.3) is 0 Å². The van der Waals surface area contributed by atoms with Crippen LogP contribution >= 0.6 is 23.2 Å². The number of rotatable bonds is 5. The Bertz CT molecular complexity index is 1360. The Hall–Kier alpha value is -3.38. The van der Waals surface area contributed by atoms with E-state index in [0.29, 0.717) is 40.9 Å². The van der Waals surface area contributed by atoms with Crippen molar-refractivity contribution in [1.82, 2.24) is 19.6 Å². The van der Waals surface area contributed by atoms with Crippen molar-refractivity contribution in [3.8, 4) is 6.07 Å². The number of amides is 3. The summed E-state index contributed by atoms with van der Waals surface area (Å²) in [6.07, 6.45) is 3.82. The number of aromatic nitrogens is 2. The molecule has 3 aromatic rings. The van der Waals surface area contributed by atoms with Gasteiger partial charge in [0.2, 0.25) is 0 Å². The summed E-state index contributed by atoms with van der Waals surface area (Å²) in [4.78, 5) is 32.7. The number of benzene rings is 2. The molecule has 3 amide bonds. The van der Waals surface area contributed by atoms with E-state index in [4.69, 9.17) is 23.2 Å². The van der Waals surface area contributed by atoms with E-state index in [9.17, 15) is 14.9 Å². The highest BCUT2D eigenvalue weighted by molar-refractivity contribution is 6.35. The van der Waals surface area contributed by atoms with Gasteiger partial charge in [0.15, 0.2) is 0 Å². The van der Waals surface area contributed by atoms with E-state index in [-0.39, 0.29) is 11.8 Å². The second kappa shape index (κ2) is 9.25. The van der Waals surface area contributed by atoms with E-state index in [1.165, 1.54) is 4.90 Å². The predicted octanol–water partition coefficient (Wildman–Crippen LogP) is 4.52. The van der Waals surface area contributed by atoms with Crippen molar-refractivity contribution in [1.29, 1.82) is 5.26 Å². The Morgan fingerprint density at radius 3 is 2.44 bits per heavy atom. The van der Waals surface area contributed by atoms with Gasteiger partial charge in [-0.25, -0.2) is 9.69 Å². The Labute approximate surface area is 219 Å². The molecule has 184 valence electrons. The summed E-state index contributed by atoms with van der Waals surface area (Å²) in [5.74, 6) is -0.637. The molecule has 1 spiro atoms. The lowest BCUT2D eigenvalue weighted by atomic mass is 9.80. The highest BCUT2D eigenvalue weighted by Crippen LogP contribution is 2.47. The maximum atomic E-state index is 14.2. The zero-order chi connectivity index (χ0) is 25.6. The number of aryl methyl sites for hydroxylation is 1. The Morgan fingerprint density at radius 1 is 1.14 bits per heavy atom. The van der Waals surface area contributed by atoms with Gasteiger partial charge in [0, 0.05) is 61.0 Å². The summed E-state index contributed by atoms with van der Waals surface area (Å²) in [6.45, 7) is 4.28. The zero-order valence-corrected chi connectivity index (χ0v) is 21.4. The van der Waals surface area contributed by atoms with Gasteiger partial charge in [-0.1, -0.05) is 35.3 Å². The minimum atomic E-state index is -1.14. The predicted molar refractivity (Wildman–Crippen MR) is 137 cm³/mol. The summed E-state index contributed by atoms with van der Waals surface area (Å²) in [6, 6.07) is 13.6. The van der Waals surface area contributed by atoms with Crippen LogP contribution in [0, 0.1) is 11.3 Å². The van der Waals surface area contributed by atoms with Gasteiger partial charge in [0.25, 0.3) is 5.91 Å². The van der Waals surface area contributed by atoms with Gasteiger partial charge in [-0.05, 0) is 42.8 Å². The quantitative estimate of drug-likeness (QED) is 0.460. The van der Waals surface area contributed by atoms with Crippen LogP contribution in [0.15, 0.2) is 54.9 Å². The lowest BCUT2D eigenvalue weighted by molar-refractivity contribution is -0.124. The number of nitriles is 1. The first-order chi connectivity index (χ1) is 17.3. The SMILES string of the molecule is CCn1cc(CN2CC(c3ccc(C#N)cc3)C3(C2)C(=O)N(c2cc(Cl)cc(Cl)c2)C(=O)N3C)cn1. The van der Waals surface area contributed by atoms with Crippen LogP contribution in [0.1, 0.15) is 29.5 Å². The largest absolute Gasteiger partial charge is 0.332 e. The third-order valence-corrected chi connectivity index (χ3v) is 7.53. The van der Waals surface area contributed by atoms with Crippen LogP contribution in [0.2, 0.25) is 10.0 Å². The number of nitrogens with zero attached hydrogens (tertiary/aromatic N) is 6. The molecule has 2 fully saturated rings. The van der Waals surface area contributed by atoms with E-state index in [2.05, 4.69) is 16.1 Å². The van der Waals surface area contributed by atoms with Crippen LogP contribution in [0.3, 0.4) is 0 Å². The van der Waals surface area contributed by atoms with E-state index in [1.807, 2.05) is 36.1 Å². The van der Waals surface area contributed by atoms with E-state index >= 15 is 0 Å². The van der Waals surface area contributed by atoms with Crippen molar-refractivity contribution in [3.05, 3.63) is 81.6 Å². The number of likely N-dealkylation sites (N-methyl/N-ethyl adjacent to an activating group) is 1. The van der Waals surface area contributed by atoms with Crippen LogP contribution in [0.4, 0.5) is 10.5 Å². The van der Waals surface area contributed by atoms with Crippen molar-refractivity contribution in [2.24, 2.45) is 0 Å². The molecule has 10 heteroatoms. The number of carbonyl (C=O) groups excluding carboxylic acids is 2. The monoisotopic (exact) mass is 522 g/mol. The maximum absolute atomic E-state index is 14.2. The third kappa shape index (κ3) is 3.94. The molecular formula is C26H24Cl2N6O2. The van der Waals surface area contributed by atoms with Crippen molar-refractivity contribution in [2.75, 3.05) is 25.0 Å². The summed E-state index contributed by atoms with van der Waals surface area (Å²) in [7, 11) is 1.67. The summed E-state index contributed by atoms with van der Waals surface area (Å²) in [5, 5.41) is 14.3. The fraction of sp³-hybridized carbons (Fsp3) is 0.308. The number of anilines is 1. The fourth-order valence-electron chi connectivity index (χ4n) is 5.33. The minimum absolute atomic E-state index is 0.312. The molecule has 2 aliphatic heterocycles. The average molecular weight is 523 g/mol. The molecule has 3 heterocycles. The standard InChI is InChI=1S/C26H24Cl2N6O2/c1-3-33-14-18(12-30-33)13-32-15-23(19-6-4-17(11-29)5-7-19)26(16-32)24(35)34(25(36)31(26)2)22-9-20(27)8-21(28)10-22/h4-10,12,14,23H,3,13,15-16H2,1-2H3. The molecule has 5 rings (SSSR count). The third-order valence-electron chi connectivity index (χ3n) is 7.10. The molecule has 0 N–H and O–H groups in total. The van der Waals surface area contributed by atoms with Gasteiger partial charge in [0.1, 0.15) is 5.54 Å². The van der Waals surface area contributed by atoms with Crippen LogP contribution in [-0.4, -0.2) is 57.2 Å². The topological polar surface area (TPSA) is 85.5 Å². The highest BCUT2D eigenvalue weighted by Gasteiger charge is 2.64. The second-order valence-corrected chi connectivity index (χ2v) is 10.1. The van der Waals surface area contributed by atoms with Gasteiger partial charge in [-0.3, -0.25) is 14.4 Å². The molecule has 36 heavy (non-hydrogen) atoms. The molecule has 1 aromatic heterocycles. The van der Waals surface area contributed by atoms with Gasteiger partial charge >= 0.3 is 6.03 Å². The Morgan fingerprint density at radius 2 is 1.83 bits per heavy atom. The normalized spacial score (nSPS) is 22.1. The molecule has 0 radical (unpaired) electrons. The lowest BCUT2D eigenvalue weighted by Gasteiger charge is -2.34. The van der Waals surface area contributed by atoms with Crippen LogP contribution in [-0.2, 0) is 17.9 Å². The highest BCUT2D eigenvalue weighted by atomic mass is 35.5. The molecular weight excluding hydrogens is 499 g/mol. The summed E-state index contributed by atoms with van der Waals surface area (Å²) < 4.78 is 1.86. The first-order valence-corrected chi connectivity index (χ1v) is 12.3. The molecule has 0 saturated carbocycles. The zero-order valence-electron chi connectivity index (χ0n) is 19.9. The fourth-order valence-corrected chi connectivity index (χ4v) is 5.85. The number of likely N-dealkylation sites (tertiary alicyclic amines) is 1. The lowest BCUT2D eigenvalue weighted by Crippen LogP contribution is -2.53. The van der Waals surface area contributed by atoms with Gasteiger partial charge < -0.3 is 4.90 Å². The molecule has 2 saturated heterocycles. The summed E-state index contributed by atoms with van der Waals surface area (Å²) >= 11 is 12.4. The van der Waals surface area contributed by atoms with Gasteiger partial charge in [-0.2, -0.15) is 10.4 Å². The van der Waals surface area contributed by atoms with Crippen LogP contribution in [0.5, 0.6) is 0 Å². The van der Waals surface area contributed by atoms with Crippen molar-refractivity contribution in [3.63, 3.8) is 0 Å². The van der Waals surface area contributed by atoms with Gasteiger partial charge in [0.05, 0.1) is 23.5 Å². The number of urea groups is 1. The van der Waals surface area contributed by atoms with Crippen LogP contribution < -0.4 is 4.90 Å². The molecule has 0 aliphatic carbocycles. The molecule has 8 nitrogen and oxygen atoms in total. The molecule has 2 aromatic carbocycles. The van der Waals surface area contributed by atoms with Gasteiger partial charge in [-0.15, -0.1) is 0 Å². The second-order valence-electron chi connectivity index (χ2n) is 9.19.